The van der Waals surface area contributed by atoms with Crippen molar-refractivity contribution < 1.29 is 43.0 Å². The van der Waals surface area contributed by atoms with Crippen LogP contribution in [0.4, 0.5) is 4.79 Å². The second kappa shape index (κ2) is 15.0. The number of carbonyl (C=O) groups excluding carboxylic acids is 4. The fourth-order valence-electron chi connectivity index (χ4n) is 5.90. The van der Waals surface area contributed by atoms with Gasteiger partial charge in [-0.05, 0) is 57.4 Å². The Morgan fingerprint density at radius 1 is 1.04 bits per heavy atom. The van der Waals surface area contributed by atoms with Crippen molar-refractivity contribution in [2.24, 2.45) is 0 Å². The molecule has 4 amide bonds. The van der Waals surface area contributed by atoms with Crippen LogP contribution in [-0.2, 0) is 19.1 Å². The second-order valence-electron chi connectivity index (χ2n) is 11.5. The molecule has 2 fully saturated rings. The average molecular weight is 650 g/mol. The number of amides is 4. The van der Waals surface area contributed by atoms with Gasteiger partial charge in [0.1, 0.15) is 29.0 Å². The number of ether oxygens (including phenoxy) is 2. The molecular formula is C33H39N5O9. The molecule has 2 atom stereocenters. The number of nitrogens with zero attached hydrogens (tertiary/aromatic N) is 4. The summed E-state index contributed by atoms with van der Waals surface area (Å²) in [6, 6.07) is 10.8. The Morgan fingerprint density at radius 2 is 1.79 bits per heavy atom. The number of carboxylic acid groups (broad SMARTS) is 1. The first-order valence-corrected chi connectivity index (χ1v) is 15.8. The largest absolute Gasteiger partial charge is 0.483 e. The highest BCUT2D eigenvalue weighted by atomic mass is 16.6. The number of furan rings is 1. The number of hydrogen-bond acceptors (Lipinski definition) is 9. The van der Waals surface area contributed by atoms with E-state index in [0.29, 0.717) is 17.4 Å². The molecule has 3 aromatic rings. The molecule has 2 saturated heterocycles. The quantitative estimate of drug-likeness (QED) is 0.314. The van der Waals surface area contributed by atoms with Gasteiger partial charge in [0.05, 0.1) is 18.2 Å². The number of benzene rings is 1. The lowest BCUT2D eigenvalue weighted by molar-refractivity contribution is -0.138. The third kappa shape index (κ3) is 7.99. The summed E-state index contributed by atoms with van der Waals surface area (Å²) in [5.41, 5.74) is 0.382. The Bertz CT molecular complexity index is 1630. The van der Waals surface area contributed by atoms with Gasteiger partial charge >= 0.3 is 12.1 Å². The van der Waals surface area contributed by atoms with Gasteiger partial charge in [-0.25, -0.2) is 9.78 Å². The van der Waals surface area contributed by atoms with Crippen LogP contribution < -0.4 is 10.1 Å². The van der Waals surface area contributed by atoms with Crippen LogP contribution in [0, 0.1) is 6.92 Å². The molecule has 0 bridgehead atoms. The summed E-state index contributed by atoms with van der Waals surface area (Å²) >= 11 is 0. The molecule has 14 heteroatoms. The van der Waals surface area contributed by atoms with E-state index in [1.165, 1.54) is 15.9 Å². The molecule has 2 aliphatic heterocycles. The van der Waals surface area contributed by atoms with Crippen LogP contribution in [0.2, 0.25) is 0 Å². The molecule has 14 nitrogen and oxygen atoms in total. The first-order valence-electron chi connectivity index (χ1n) is 15.8. The Morgan fingerprint density at radius 3 is 2.49 bits per heavy atom. The number of aryl methyl sites for hydroxylation is 1. The van der Waals surface area contributed by atoms with Crippen molar-refractivity contribution in [3.05, 3.63) is 59.7 Å². The zero-order valence-corrected chi connectivity index (χ0v) is 26.5. The van der Waals surface area contributed by atoms with E-state index >= 15 is 0 Å². The van der Waals surface area contributed by atoms with Crippen LogP contribution >= 0.6 is 0 Å². The summed E-state index contributed by atoms with van der Waals surface area (Å²) in [7, 11) is 0. The maximum Gasteiger partial charge on any atom is 0.409 e. The molecule has 0 radical (unpaired) electrons. The van der Waals surface area contributed by atoms with E-state index in [1.807, 2.05) is 19.1 Å². The molecule has 0 spiro atoms. The molecule has 2 N–H and O–H groups in total. The summed E-state index contributed by atoms with van der Waals surface area (Å²) in [5.74, 6) is -0.733. The number of fused-ring (bicyclic) bond motifs is 1. The van der Waals surface area contributed by atoms with Gasteiger partial charge < -0.3 is 39.0 Å². The zero-order valence-electron chi connectivity index (χ0n) is 26.5. The van der Waals surface area contributed by atoms with Crippen LogP contribution in [0.25, 0.3) is 10.9 Å². The molecule has 1 unspecified atom stereocenters. The lowest BCUT2D eigenvalue weighted by Crippen LogP contribution is -2.56. The number of piperazine rings is 1. The topological polar surface area (TPSA) is 172 Å². The summed E-state index contributed by atoms with van der Waals surface area (Å²) in [4.78, 5) is 73.0. The van der Waals surface area contributed by atoms with Crippen molar-refractivity contribution in [3.8, 4) is 5.75 Å². The second-order valence-corrected chi connectivity index (χ2v) is 11.5. The fraction of sp³-hybridized carbons (Fsp3) is 0.455. The summed E-state index contributed by atoms with van der Waals surface area (Å²) in [6.45, 7) is 4.99. The number of para-hydroxylation sites is 1. The third-order valence-corrected chi connectivity index (χ3v) is 8.29. The lowest BCUT2D eigenvalue weighted by atomic mass is 10.1. The molecule has 1 aromatic carbocycles. The first kappa shape index (κ1) is 33.2. The van der Waals surface area contributed by atoms with Crippen LogP contribution in [-0.4, -0.2) is 107 Å². The average Bonchev–Trinajstić information content (AvgIpc) is 3.74. The van der Waals surface area contributed by atoms with Crippen LogP contribution in [0.5, 0.6) is 5.75 Å². The third-order valence-electron chi connectivity index (χ3n) is 8.29. The molecule has 2 aliphatic rings. The number of aromatic nitrogens is 1. The van der Waals surface area contributed by atoms with E-state index in [9.17, 15) is 29.1 Å². The van der Waals surface area contributed by atoms with Crippen molar-refractivity contribution in [2.75, 3.05) is 45.9 Å². The lowest BCUT2D eigenvalue weighted by Gasteiger charge is -2.35. The monoisotopic (exact) mass is 649 g/mol. The van der Waals surface area contributed by atoms with E-state index in [0.717, 1.165) is 24.4 Å². The minimum absolute atomic E-state index is 0.0588. The van der Waals surface area contributed by atoms with Gasteiger partial charge in [0.2, 0.25) is 5.91 Å². The van der Waals surface area contributed by atoms with Gasteiger partial charge in [-0.1, -0.05) is 12.1 Å². The SMILES string of the molecule is CCOC(=O)N1CCN(C(=O)[C@H](CCC(=O)O)NC(=O)c2cc(OCC(=O)N3CCCC3c3ccc(C)o3)c3ccccc3n2)CC1. The van der Waals surface area contributed by atoms with Gasteiger partial charge in [0.15, 0.2) is 6.61 Å². The molecule has 2 aromatic heterocycles. The number of hydrogen-bond donors (Lipinski definition) is 2. The molecule has 4 heterocycles. The zero-order chi connectivity index (χ0) is 33.5. The van der Waals surface area contributed by atoms with Gasteiger partial charge in [-0.2, -0.15) is 0 Å². The molecular weight excluding hydrogens is 610 g/mol. The molecule has 47 heavy (non-hydrogen) atoms. The molecule has 250 valence electrons. The number of carbonyl (C=O) groups is 5. The van der Waals surface area contributed by atoms with Crippen LogP contribution in [0.1, 0.15) is 60.7 Å². The van der Waals surface area contributed by atoms with Gasteiger partial charge in [0.25, 0.3) is 11.8 Å². The van der Waals surface area contributed by atoms with Gasteiger partial charge in [-0.15, -0.1) is 0 Å². The van der Waals surface area contributed by atoms with Crippen molar-refractivity contribution in [1.82, 2.24) is 25.0 Å². The Hall–Kier alpha value is -5.14. The minimum Gasteiger partial charge on any atom is -0.483 e. The minimum atomic E-state index is -1.15. The number of aliphatic carboxylic acids is 1. The Labute approximate surface area is 271 Å². The highest BCUT2D eigenvalue weighted by Gasteiger charge is 2.33. The Kier molecular flexibility index (Phi) is 10.6. The number of likely N-dealkylation sites (tertiary alicyclic amines) is 1. The van der Waals surface area contributed by atoms with Crippen molar-refractivity contribution in [1.29, 1.82) is 0 Å². The fourth-order valence-corrected chi connectivity index (χ4v) is 5.90. The standard InChI is InChI=1S/C33H39N5O9/c1-3-45-33(44)37-17-15-36(16-18-37)32(43)24(11-13-30(40)41)35-31(42)25-19-28(22-7-4-5-8-23(22)34-25)46-20-29(39)38-14-6-9-26(38)27-12-10-21(2)47-27/h4-5,7-8,10,12,19,24,26H,3,6,9,11,13-18,20H2,1-2H3,(H,35,42)(H,40,41)/t24-,26?/m0/s1. The van der Waals surface area contributed by atoms with E-state index < -0.39 is 29.9 Å². The van der Waals surface area contributed by atoms with Crippen molar-refractivity contribution in [3.63, 3.8) is 0 Å². The molecule has 0 aliphatic carbocycles. The van der Waals surface area contributed by atoms with Gasteiger partial charge in [0, 0.05) is 50.6 Å². The maximum absolute atomic E-state index is 13.5. The highest BCUT2D eigenvalue weighted by Crippen LogP contribution is 2.33. The van der Waals surface area contributed by atoms with Crippen LogP contribution in [0.3, 0.4) is 0 Å². The smallest absolute Gasteiger partial charge is 0.409 e. The van der Waals surface area contributed by atoms with Gasteiger partial charge in [-0.3, -0.25) is 19.2 Å². The predicted molar refractivity (Wildman–Crippen MR) is 168 cm³/mol. The van der Waals surface area contributed by atoms with E-state index in [-0.39, 0.29) is 75.6 Å². The summed E-state index contributed by atoms with van der Waals surface area (Å²) in [6.07, 6.45) is 0.655. The Balaban J connectivity index is 1.29. The molecule has 5 rings (SSSR count). The number of pyridine rings is 1. The van der Waals surface area contributed by atoms with E-state index in [2.05, 4.69) is 10.3 Å². The summed E-state index contributed by atoms with van der Waals surface area (Å²) < 4.78 is 16.8. The number of rotatable bonds is 11. The normalized spacial score (nSPS) is 17.0. The first-order chi connectivity index (χ1) is 22.6. The predicted octanol–water partition coefficient (Wildman–Crippen LogP) is 3.14. The maximum atomic E-state index is 13.5. The van der Waals surface area contributed by atoms with Crippen molar-refractivity contribution in [2.45, 2.75) is 51.6 Å². The number of nitrogens with one attached hydrogen (secondary N) is 1. The van der Waals surface area contributed by atoms with E-state index in [1.54, 1.807) is 36.1 Å². The van der Waals surface area contributed by atoms with E-state index in [4.69, 9.17) is 13.9 Å². The van der Waals surface area contributed by atoms with Crippen molar-refractivity contribution >= 4 is 40.7 Å². The highest BCUT2D eigenvalue weighted by molar-refractivity contribution is 5.99. The summed E-state index contributed by atoms with van der Waals surface area (Å²) in [5, 5.41) is 12.6. The number of carboxylic acids is 1. The van der Waals surface area contributed by atoms with Crippen LogP contribution in [0.15, 0.2) is 46.9 Å². The molecule has 0 saturated carbocycles.